The van der Waals surface area contributed by atoms with Gasteiger partial charge in [-0.1, -0.05) is 46.9 Å². The molecule has 3 aromatic rings. The second-order valence-electron chi connectivity index (χ2n) is 7.12. The molecule has 34 heavy (non-hydrogen) atoms. The highest BCUT2D eigenvalue weighted by atomic mass is 35.5. The van der Waals surface area contributed by atoms with E-state index in [0.717, 1.165) is 11.1 Å². The molecule has 3 aromatic carbocycles. The molecule has 0 saturated heterocycles. The number of hydrogen-bond donors (Lipinski definition) is 1. The van der Waals surface area contributed by atoms with Crippen LogP contribution >= 0.6 is 34.8 Å². The topological polar surface area (TPSA) is 69.2 Å². The zero-order valence-electron chi connectivity index (χ0n) is 18.6. The highest BCUT2D eigenvalue weighted by Gasteiger charge is 2.16. The van der Waals surface area contributed by atoms with Crippen LogP contribution in [-0.4, -0.2) is 24.8 Å². The van der Waals surface area contributed by atoms with Crippen LogP contribution in [0.5, 0.6) is 17.2 Å². The number of carbonyl (C=O) groups excluding carboxylic acids is 1. The van der Waals surface area contributed by atoms with Gasteiger partial charge in [-0.05, 0) is 73.5 Å². The Balaban J connectivity index is 1.59. The Hall–Kier alpha value is -2.93. The number of hydrogen-bond acceptors (Lipinski definition) is 5. The summed E-state index contributed by atoms with van der Waals surface area (Å²) in [5, 5.41) is 5.47. The van der Waals surface area contributed by atoms with E-state index in [1.165, 1.54) is 6.21 Å². The molecule has 1 amide bonds. The fourth-order valence-electron chi connectivity index (χ4n) is 2.81. The summed E-state index contributed by atoms with van der Waals surface area (Å²) in [6, 6.07) is 17.6. The van der Waals surface area contributed by atoms with Gasteiger partial charge in [0.1, 0.15) is 12.4 Å². The second-order valence-corrected chi connectivity index (χ2v) is 8.40. The van der Waals surface area contributed by atoms with Gasteiger partial charge in [-0.3, -0.25) is 4.79 Å². The van der Waals surface area contributed by atoms with Crippen LogP contribution in [0.15, 0.2) is 65.8 Å². The summed E-state index contributed by atoms with van der Waals surface area (Å²) in [6.07, 6.45) is 0.684. The van der Waals surface area contributed by atoms with E-state index >= 15 is 0 Å². The molecule has 0 aliphatic rings. The molecular formula is C25H23Cl3N2O4. The van der Waals surface area contributed by atoms with Crippen molar-refractivity contribution in [3.05, 3.63) is 86.9 Å². The Bertz CT molecular complexity index is 1150. The molecule has 0 heterocycles. The highest BCUT2D eigenvalue weighted by Crippen LogP contribution is 2.29. The van der Waals surface area contributed by atoms with Gasteiger partial charge in [0.05, 0.1) is 17.8 Å². The van der Waals surface area contributed by atoms with Crippen LogP contribution in [-0.2, 0) is 11.4 Å². The summed E-state index contributed by atoms with van der Waals surface area (Å²) in [6.45, 7) is 4.32. The van der Waals surface area contributed by atoms with Crippen LogP contribution in [0.4, 0.5) is 0 Å². The molecule has 0 aliphatic heterocycles. The molecule has 0 unspecified atom stereocenters. The molecule has 0 bridgehead atoms. The van der Waals surface area contributed by atoms with Crippen molar-refractivity contribution in [2.75, 3.05) is 6.61 Å². The number of amides is 1. The molecule has 0 aliphatic carbocycles. The molecule has 0 aromatic heterocycles. The van der Waals surface area contributed by atoms with Gasteiger partial charge in [0.2, 0.25) is 0 Å². The van der Waals surface area contributed by atoms with Crippen LogP contribution in [0.2, 0.25) is 15.1 Å². The lowest BCUT2D eigenvalue weighted by Gasteiger charge is -2.14. The fourth-order valence-corrected chi connectivity index (χ4v) is 3.39. The average Bonchev–Trinajstić information content (AvgIpc) is 2.81. The van der Waals surface area contributed by atoms with Crippen LogP contribution in [0.1, 0.15) is 25.0 Å². The minimum Gasteiger partial charge on any atom is -0.490 e. The van der Waals surface area contributed by atoms with Gasteiger partial charge < -0.3 is 14.2 Å². The molecule has 0 radical (unpaired) electrons. The lowest BCUT2D eigenvalue weighted by molar-refractivity contribution is -0.127. The van der Waals surface area contributed by atoms with E-state index in [-0.39, 0.29) is 0 Å². The van der Waals surface area contributed by atoms with Crippen LogP contribution in [0.3, 0.4) is 0 Å². The van der Waals surface area contributed by atoms with E-state index in [0.29, 0.717) is 45.5 Å². The zero-order chi connectivity index (χ0) is 24.5. The maximum absolute atomic E-state index is 12.3. The Labute approximate surface area is 213 Å². The first kappa shape index (κ1) is 25.7. The third-order valence-electron chi connectivity index (χ3n) is 4.53. The highest BCUT2D eigenvalue weighted by molar-refractivity contribution is 6.35. The van der Waals surface area contributed by atoms with Crippen molar-refractivity contribution in [1.82, 2.24) is 5.43 Å². The minimum absolute atomic E-state index is 0.317. The standard InChI is InChI=1S/C25H23Cl3N2O4/c1-3-32-24-12-18(6-10-23(24)33-15-17-4-7-19(26)8-5-17)14-29-30-25(31)16(2)34-22-11-9-20(27)13-21(22)28/h4-14,16H,3,15H2,1-2H3,(H,30,31)/b29-14-/t16-/m0/s1. The third-order valence-corrected chi connectivity index (χ3v) is 5.31. The summed E-state index contributed by atoms with van der Waals surface area (Å²) in [4.78, 5) is 12.3. The van der Waals surface area contributed by atoms with Gasteiger partial charge >= 0.3 is 0 Å². The number of benzene rings is 3. The summed E-state index contributed by atoms with van der Waals surface area (Å²) < 4.78 is 17.2. The molecule has 0 saturated carbocycles. The Morgan fingerprint density at radius 3 is 2.35 bits per heavy atom. The van der Waals surface area contributed by atoms with E-state index in [1.807, 2.05) is 37.3 Å². The number of halogens is 3. The van der Waals surface area contributed by atoms with Gasteiger partial charge in [0, 0.05) is 10.0 Å². The monoisotopic (exact) mass is 520 g/mol. The predicted octanol–water partition coefficient (Wildman–Crippen LogP) is 6.54. The van der Waals surface area contributed by atoms with E-state index < -0.39 is 12.0 Å². The SMILES string of the molecule is CCOc1cc(/C=N\NC(=O)[C@H](C)Oc2ccc(Cl)cc2Cl)ccc1OCc1ccc(Cl)cc1. The van der Waals surface area contributed by atoms with Crippen molar-refractivity contribution in [1.29, 1.82) is 0 Å². The van der Waals surface area contributed by atoms with Crippen molar-refractivity contribution in [3.63, 3.8) is 0 Å². The summed E-state index contributed by atoms with van der Waals surface area (Å²) in [5.74, 6) is 1.09. The van der Waals surface area contributed by atoms with Crippen molar-refractivity contribution in [2.45, 2.75) is 26.6 Å². The van der Waals surface area contributed by atoms with Crippen LogP contribution in [0.25, 0.3) is 0 Å². The van der Waals surface area contributed by atoms with E-state index in [1.54, 1.807) is 37.3 Å². The minimum atomic E-state index is -0.821. The van der Waals surface area contributed by atoms with Gasteiger partial charge in [0.15, 0.2) is 17.6 Å². The van der Waals surface area contributed by atoms with E-state index in [9.17, 15) is 4.79 Å². The normalized spacial score (nSPS) is 11.8. The van der Waals surface area contributed by atoms with Crippen molar-refractivity contribution < 1.29 is 19.0 Å². The molecule has 6 nitrogen and oxygen atoms in total. The number of nitrogens with one attached hydrogen (secondary N) is 1. The quantitative estimate of drug-likeness (QED) is 0.243. The number of carbonyl (C=O) groups is 1. The van der Waals surface area contributed by atoms with Crippen LogP contribution < -0.4 is 19.6 Å². The summed E-state index contributed by atoms with van der Waals surface area (Å²) >= 11 is 17.9. The molecule has 1 atom stereocenters. The van der Waals surface area contributed by atoms with Gasteiger partial charge in [-0.2, -0.15) is 5.10 Å². The molecule has 0 spiro atoms. The van der Waals surface area contributed by atoms with Gasteiger partial charge in [-0.15, -0.1) is 0 Å². The first-order valence-corrected chi connectivity index (χ1v) is 11.6. The average molecular weight is 522 g/mol. The lowest BCUT2D eigenvalue weighted by atomic mass is 10.2. The second kappa shape index (κ2) is 12.5. The maximum atomic E-state index is 12.3. The van der Waals surface area contributed by atoms with Gasteiger partial charge in [-0.25, -0.2) is 5.43 Å². The zero-order valence-corrected chi connectivity index (χ0v) is 20.8. The number of ether oxygens (including phenoxy) is 3. The first-order chi connectivity index (χ1) is 16.4. The molecule has 9 heteroatoms. The smallest absolute Gasteiger partial charge is 0.280 e. The molecule has 0 fully saturated rings. The Morgan fingerprint density at radius 2 is 1.65 bits per heavy atom. The summed E-state index contributed by atoms with van der Waals surface area (Å²) in [7, 11) is 0. The largest absolute Gasteiger partial charge is 0.490 e. The van der Waals surface area contributed by atoms with Crippen molar-refractivity contribution in [3.8, 4) is 17.2 Å². The van der Waals surface area contributed by atoms with E-state index in [2.05, 4.69) is 10.5 Å². The Kier molecular flexibility index (Phi) is 9.45. The van der Waals surface area contributed by atoms with Gasteiger partial charge in [0.25, 0.3) is 5.91 Å². The maximum Gasteiger partial charge on any atom is 0.280 e. The fraction of sp³-hybridized carbons (Fsp3) is 0.200. The molecule has 178 valence electrons. The van der Waals surface area contributed by atoms with E-state index in [4.69, 9.17) is 49.0 Å². The molecular weight excluding hydrogens is 499 g/mol. The molecule has 3 rings (SSSR count). The van der Waals surface area contributed by atoms with Crippen molar-refractivity contribution in [2.24, 2.45) is 5.10 Å². The molecule has 1 N–H and O–H groups in total. The third kappa shape index (κ3) is 7.55. The van der Waals surface area contributed by atoms with Crippen LogP contribution in [0, 0.1) is 0 Å². The Morgan fingerprint density at radius 1 is 0.941 bits per heavy atom. The number of nitrogens with zero attached hydrogens (tertiary/aromatic N) is 1. The first-order valence-electron chi connectivity index (χ1n) is 10.4. The number of hydrazone groups is 1. The number of rotatable bonds is 10. The van der Waals surface area contributed by atoms with Crippen molar-refractivity contribution >= 4 is 46.9 Å². The summed E-state index contributed by atoms with van der Waals surface area (Å²) in [5.41, 5.74) is 4.15. The predicted molar refractivity (Wildman–Crippen MR) is 136 cm³/mol. The lowest BCUT2D eigenvalue weighted by Crippen LogP contribution is -2.33.